The fraction of sp³-hybridized carbons (Fsp3) is 0.538. The summed E-state index contributed by atoms with van der Waals surface area (Å²) >= 11 is 0. The summed E-state index contributed by atoms with van der Waals surface area (Å²) in [6, 6.07) is 7.40. The average Bonchev–Trinajstić information content (AvgIpc) is 3.19. The van der Waals surface area contributed by atoms with Gasteiger partial charge in [-0.3, -0.25) is 14.4 Å². The van der Waals surface area contributed by atoms with Crippen LogP contribution in [0.4, 0.5) is 0 Å². The first-order chi connectivity index (χ1) is 16.9. The van der Waals surface area contributed by atoms with Gasteiger partial charge in [0.2, 0.25) is 5.91 Å². The molecule has 2 aromatic rings. The molecule has 188 valence electrons. The predicted molar refractivity (Wildman–Crippen MR) is 129 cm³/mol. The SMILES string of the molecule is COC(=O)CCc1c(C)nn(-c2ccc(C(=O)N3CCCC(C(=O)N4CCOCC4)C3)cc2)c1C. The lowest BCUT2D eigenvalue weighted by Gasteiger charge is -2.36. The molecule has 9 nitrogen and oxygen atoms in total. The molecule has 0 spiro atoms. The van der Waals surface area contributed by atoms with Crippen LogP contribution in [-0.2, 0) is 25.5 Å². The fourth-order valence-corrected chi connectivity index (χ4v) is 4.95. The Balaban J connectivity index is 1.42. The second-order valence-electron chi connectivity index (χ2n) is 9.21. The van der Waals surface area contributed by atoms with Crippen molar-refractivity contribution in [3.05, 3.63) is 46.8 Å². The van der Waals surface area contributed by atoms with E-state index in [1.165, 1.54) is 7.11 Å². The van der Waals surface area contributed by atoms with Gasteiger partial charge < -0.3 is 19.3 Å². The number of amides is 2. The van der Waals surface area contributed by atoms with Gasteiger partial charge in [0.1, 0.15) is 0 Å². The Morgan fingerprint density at radius 2 is 1.77 bits per heavy atom. The van der Waals surface area contributed by atoms with Gasteiger partial charge >= 0.3 is 5.97 Å². The highest BCUT2D eigenvalue weighted by Gasteiger charge is 2.32. The number of methoxy groups -OCH3 is 1. The minimum absolute atomic E-state index is 0.0526. The Kier molecular flexibility index (Phi) is 7.85. The van der Waals surface area contributed by atoms with Crippen molar-refractivity contribution in [1.29, 1.82) is 0 Å². The largest absolute Gasteiger partial charge is 0.469 e. The Hall–Kier alpha value is -3.20. The van der Waals surface area contributed by atoms with Crippen molar-refractivity contribution in [2.75, 3.05) is 46.5 Å². The molecule has 2 aliphatic rings. The first-order valence-electron chi connectivity index (χ1n) is 12.3. The maximum absolute atomic E-state index is 13.2. The molecule has 1 aromatic heterocycles. The molecule has 0 aliphatic carbocycles. The number of ether oxygens (including phenoxy) is 2. The molecule has 2 fully saturated rings. The number of carbonyl (C=O) groups is 3. The van der Waals surface area contributed by atoms with Crippen LogP contribution in [-0.4, -0.2) is 83.9 Å². The Labute approximate surface area is 206 Å². The van der Waals surface area contributed by atoms with Crippen molar-refractivity contribution in [2.24, 2.45) is 5.92 Å². The number of hydrogen-bond donors (Lipinski definition) is 0. The van der Waals surface area contributed by atoms with Crippen molar-refractivity contribution >= 4 is 17.8 Å². The molecule has 2 aliphatic heterocycles. The van der Waals surface area contributed by atoms with Crippen LogP contribution >= 0.6 is 0 Å². The summed E-state index contributed by atoms with van der Waals surface area (Å²) in [7, 11) is 1.39. The smallest absolute Gasteiger partial charge is 0.305 e. The van der Waals surface area contributed by atoms with E-state index in [0.29, 0.717) is 57.8 Å². The molecule has 0 radical (unpaired) electrons. The molecule has 0 N–H and O–H groups in total. The van der Waals surface area contributed by atoms with Gasteiger partial charge in [0.15, 0.2) is 0 Å². The van der Waals surface area contributed by atoms with E-state index in [2.05, 4.69) is 5.10 Å². The summed E-state index contributed by atoms with van der Waals surface area (Å²) in [5, 5.41) is 4.64. The molecule has 3 heterocycles. The van der Waals surface area contributed by atoms with Gasteiger partial charge in [-0.2, -0.15) is 5.10 Å². The highest BCUT2D eigenvalue weighted by molar-refractivity contribution is 5.95. The van der Waals surface area contributed by atoms with E-state index in [4.69, 9.17) is 9.47 Å². The third-order valence-electron chi connectivity index (χ3n) is 6.99. The average molecular weight is 483 g/mol. The molecule has 2 amide bonds. The second kappa shape index (κ2) is 11.0. The lowest BCUT2D eigenvalue weighted by atomic mass is 9.95. The lowest BCUT2D eigenvalue weighted by molar-refractivity contribution is -0.141. The molecular formula is C26H34N4O5. The number of aromatic nitrogens is 2. The van der Waals surface area contributed by atoms with Gasteiger partial charge in [-0.25, -0.2) is 4.68 Å². The summed E-state index contributed by atoms with van der Waals surface area (Å²) in [6.07, 6.45) is 2.52. The van der Waals surface area contributed by atoms with E-state index in [1.807, 2.05) is 47.7 Å². The number of nitrogens with zero attached hydrogens (tertiary/aromatic N) is 4. The van der Waals surface area contributed by atoms with Crippen molar-refractivity contribution in [3.63, 3.8) is 0 Å². The molecule has 0 bridgehead atoms. The summed E-state index contributed by atoms with van der Waals surface area (Å²) in [5.41, 5.74) is 4.31. The number of morpholine rings is 1. The summed E-state index contributed by atoms with van der Waals surface area (Å²) in [5.74, 6) is -0.314. The quantitative estimate of drug-likeness (QED) is 0.587. The van der Waals surface area contributed by atoms with Crippen LogP contribution in [0.1, 0.15) is 46.6 Å². The number of carbonyl (C=O) groups excluding carboxylic acids is 3. The normalized spacial score (nSPS) is 18.4. The first-order valence-corrected chi connectivity index (χ1v) is 12.3. The monoisotopic (exact) mass is 482 g/mol. The highest BCUT2D eigenvalue weighted by atomic mass is 16.5. The highest BCUT2D eigenvalue weighted by Crippen LogP contribution is 2.23. The minimum Gasteiger partial charge on any atom is -0.469 e. The Bertz CT molecular complexity index is 1070. The molecular weight excluding hydrogens is 448 g/mol. The molecule has 1 unspecified atom stereocenters. The topological polar surface area (TPSA) is 94.0 Å². The standard InChI is InChI=1S/C26H34N4O5/c1-18-23(10-11-24(31)34-3)19(2)30(27-18)22-8-6-20(7-9-22)25(32)29-12-4-5-21(17-29)26(33)28-13-15-35-16-14-28/h6-9,21H,4-5,10-17H2,1-3H3. The minimum atomic E-state index is -0.244. The third-order valence-corrected chi connectivity index (χ3v) is 6.99. The van der Waals surface area contributed by atoms with Gasteiger partial charge in [-0.1, -0.05) is 0 Å². The summed E-state index contributed by atoms with van der Waals surface area (Å²) in [6.45, 7) is 7.43. The maximum Gasteiger partial charge on any atom is 0.305 e. The molecule has 1 aromatic carbocycles. The third kappa shape index (κ3) is 5.56. The van der Waals surface area contributed by atoms with E-state index in [9.17, 15) is 14.4 Å². The van der Waals surface area contributed by atoms with Crippen LogP contribution in [0.5, 0.6) is 0 Å². The van der Waals surface area contributed by atoms with Gasteiger partial charge in [-0.15, -0.1) is 0 Å². The zero-order valence-electron chi connectivity index (χ0n) is 20.8. The molecule has 1 atom stereocenters. The zero-order valence-corrected chi connectivity index (χ0v) is 20.8. The van der Waals surface area contributed by atoms with E-state index < -0.39 is 0 Å². The number of benzene rings is 1. The molecule has 35 heavy (non-hydrogen) atoms. The number of likely N-dealkylation sites (tertiary alicyclic amines) is 1. The Morgan fingerprint density at radius 3 is 2.46 bits per heavy atom. The van der Waals surface area contributed by atoms with E-state index in [1.54, 1.807) is 4.90 Å². The van der Waals surface area contributed by atoms with Gasteiger partial charge in [0, 0.05) is 43.9 Å². The zero-order chi connectivity index (χ0) is 24.9. The van der Waals surface area contributed by atoms with Crippen molar-refractivity contribution < 1.29 is 23.9 Å². The first kappa shape index (κ1) is 24.9. The number of rotatable bonds is 6. The van der Waals surface area contributed by atoms with Crippen molar-refractivity contribution in [1.82, 2.24) is 19.6 Å². The lowest BCUT2D eigenvalue weighted by Crippen LogP contribution is -2.49. The van der Waals surface area contributed by atoms with Gasteiger partial charge in [-0.05, 0) is 62.9 Å². The van der Waals surface area contributed by atoms with Crippen LogP contribution in [0.15, 0.2) is 24.3 Å². The van der Waals surface area contributed by atoms with E-state index >= 15 is 0 Å². The van der Waals surface area contributed by atoms with E-state index in [-0.39, 0.29) is 23.7 Å². The predicted octanol–water partition coefficient (Wildman–Crippen LogP) is 2.31. The molecule has 0 saturated carbocycles. The maximum atomic E-state index is 13.2. The van der Waals surface area contributed by atoms with Crippen molar-refractivity contribution in [3.8, 4) is 5.69 Å². The van der Waals surface area contributed by atoms with Crippen LogP contribution in [0.3, 0.4) is 0 Å². The number of hydrogen-bond acceptors (Lipinski definition) is 6. The van der Waals surface area contributed by atoms with Gasteiger partial charge in [0.25, 0.3) is 5.91 Å². The molecule has 2 saturated heterocycles. The number of esters is 1. The second-order valence-corrected chi connectivity index (χ2v) is 9.21. The number of aryl methyl sites for hydroxylation is 1. The molecule has 4 rings (SSSR count). The Morgan fingerprint density at radius 1 is 1.06 bits per heavy atom. The number of piperidine rings is 1. The molecule has 9 heteroatoms. The summed E-state index contributed by atoms with van der Waals surface area (Å²) in [4.78, 5) is 41.3. The van der Waals surface area contributed by atoms with Gasteiger partial charge in [0.05, 0.1) is 37.6 Å². The van der Waals surface area contributed by atoms with Crippen LogP contribution in [0.2, 0.25) is 0 Å². The van der Waals surface area contributed by atoms with Crippen LogP contribution < -0.4 is 0 Å². The fourth-order valence-electron chi connectivity index (χ4n) is 4.95. The van der Waals surface area contributed by atoms with Crippen molar-refractivity contribution in [2.45, 2.75) is 39.5 Å². The summed E-state index contributed by atoms with van der Waals surface area (Å²) < 4.78 is 11.9. The van der Waals surface area contributed by atoms with E-state index in [0.717, 1.165) is 35.5 Å². The van der Waals surface area contributed by atoms with Crippen LogP contribution in [0, 0.1) is 19.8 Å². The van der Waals surface area contributed by atoms with Crippen LogP contribution in [0.25, 0.3) is 5.69 Å².